The van der Waals surface area contributed by atoms with Crippen LogP contribution in [0.3, 0.4) is 0 Å². The Morgan fingerprint density at radius 3 is 2.91 bits per heavy atom. The van der Waals surface area contributed by atoms with E-state index in [-0.39, 0.29) is 11.8 Å². The van der Waals surface area contributed by atoms with Crippen LogP contribution in [0, 0.1) is 0 Å². The van der Waals surface area contributed by atoms with E-state index in [4.69, 9.17) is 0 Å². The predicted octanol–water partition coefficient (Wildman–Crippen LogP) is 3.05. The molecule has 2 heterocycles. The predicted molar refractivity (Wildman–Crippen MR) is 87.7 cm³/mol. The third-order valence-electron chi connectivity index (χ3n) is 3.67. The minimum atomic E-state index is -0.0168. The number of thiophene rings is 1. The van der Waals surface area contributed by atoms with Crippen molar-refractivity contribution >= 4 is 28.8 Å². The number of carbonyl (C=O) groups excluding carboxylic acids is 2. The summed E-state index contributed by atoms with van der Waals surface area (Å²) in [5.41, 5.74) is 1.83. The molecule has 1 saturated heterocycles. The van der Waals surface area contributed by atoms with E-state index in [1.165, 1.54) is 0 Å². The molecule has 0 radical (unpaired) electrons. The number of anilines is 1. The number of nitrogens with one attached hydrogen (secondary N) is 1. The summed E-state index contributed by atoms with van der Waals surface area (Å²) >= 11 is 1.58. The molecule has 1 aromatic carbocycles. The molecular formula is C17H18N2O2S. The Hall–Kier alpha value is -2.14. The van der Waals surface area contributed by atoms with E-state index in [2.05, 4.69) is 5.32 Å². The van der Waals surface area contributed by atoms with Crippen molar-refractivity contribution in [3.63, 3.8) is 0 Å². The average Bonchev–Trinajstić information content (AvgIpc) is 3.12. The van der Waals surface area contributed by atoms with E-state index in [1.807, 2.05) is 46.7 Å². The third-order valence-corrected chi connectivity index (χ3v) is 4.55. The van der Waals surface area contributed by atoms with Gasteiger partial charge in [-0.1, -0.05) is 18.2 Å². The average molecular weight is 314 g/mol. The molecule has 0 saturated carbocycles. The number of carbonyl (C=O) groups is 2. The Morgan fingerprint density at radius 1 is 1.27 bits per heavy atom. The highest BCUT2D eigenvalue weighted by Crippen LogP contribution is 2.17. The van der Waals surface area contributed by atoms with Gasteiger partial charge in [-0.25, -0.2) is 0 Å². The van der Waals surface area contributed by atoms with Gasteiger partial charge in [0.15, 0.2) is 0 Å². The minimum absolute atomic E-state index is 0.0168. The highest BCUT2D eigenvalue weighted by atomic mass is 32.1. The van der Waals surface area contributed by atoms with Crippen molar-refractivity contribution in [2.24, 2.45) is 0 Å². The van der Waals surface area contributed by atoms with Crippen LogP contribution in [0.25, 0.3) is 0 Å². The molecule has 1 fully saturated rings. The van der Waals surface area contributed by atoms with E-state index in [0.29, 0.717) is 19.4 Å². The van der Waals surface area contributed by atoms with Crippen molar-refractivity contribution in [3.8, 4) is 0 Å². The van der Waals surface area contributed by atoms with Crippen LogP contribution in [0.1, 0.15) is 23.3 Å². The van der Waals surface area contributed by atoms with Crippen molar-refractivity contribution in [2.45, 2.75) is 25.8 Å². The molecule has 22 heavy (non-hydrogen) atoms. The zero-order valence-corrected chi connectivity index (χ0v) is 13.1. The maximum atomic E-state index is 12.0. The highest BCUT2D eigenvalue weighted by Gasteiger charge is 2.20. The Kier molecular flexibility index (Phi) is 4.53. The molecule has 0 atom stereocenters. The van der Waals surface area contributed by atoms with Crippen LogP contribution in [0.15, 0.2) is 41.8 Å². The second kappa shape index (κ2) is 6.75. The molecule has 5 heteroatoms. The lowest BCUT2D eigenvalue weighted by atomic mass is 10.2. The smallest absolute Gasteiger partial charge is 0.229 e. The molecule has 1 N–H and O–H groups in total. The van der Waals surface area contributed by atoms with Gasteiger partial charge in [0.2, 0.25) is 11.8 Å². The second-order valence-corrected chi connectivity index (χ2v) is 6.46. The standard InChI is InChI=1S/C17H18N2O2S/c20-16(11-15-6-3-9-22-15)18-14-5-1-4-13(10-14)12-19-8-2-7-17(19)21/h1,3-6,9-10H,2,7-8,11-12H2,(H,18,20). The summed E-state index contributed by atoms with van der Waals surface area (Å²) < 4.78 is 0. The zero-order chi connectivity index (χ0) is 15.4. The van der Waals surface area contributed by atoms with E-state index in [9.17, 15) is 9.59 Å². The van der Waals surface area contributed by atoms with Crippen LogP contribution in [-0.4, -0.2) is 23.3 Å². The molecule has 0 spiro atoms. The summed E-state index contributed by atoms with van der Waals surface area (Å²) in [5, 5.41) is 4.89. The molecule has 2 aromatic rings. The normalized spacial score (nSPS) is 14.4. The monoisotopic (exact) mass is 314 g/mol. The quantitative estimate of drug-likeness (QED) is 0.922. The lowest BCUT2D eigenvalue weighted by Gasteiger charge is -2.16. The zero-order valence-electron chi connectivity index (χ0n) is 12.2. The van der Waals surface area contributed by atoms with Gasteiger partial charge in [0.1, 0.15) is 0 Å². The fraction of sp³-hybridized carbons (Fsp3) is 0.294. The van der Waals surface area contributed by atoms with Gasteiger partial charge in [-0.3, -0.25) is 9.59 Å². The maximum Gasteiger partial charge on any atom is 0.229 e. The van der Waals surface area contributed by atoms with Crippen LogP contribution in [-0.2, 0) is 22.6 Å². The van der Waals surface area contributed by atoms with Crippen LogP contribution in [0.2, 0.25) is 0 Å². The molecule has 0 aliphatic carbocycles. The van der Waals surface area contributed by atoms with Gasteiger partial charge in [0.05, 0.1) is 6.42 Å². The van der Waals surface area contributed by atoms with Crippen molar-refractivity contribution in [1.29, 1.82) is 0 Å². The number of likely N-dealkylation sites (tertiary alicyclic amines) is 1. The van der Waals surface area contributed by atoms with Crippen LogP contribution in [0.5, 0.6) is 0 Å². The Labute approximate surface area is 133 Å². The van der Waals surface area contributed by atoms with Crippen LogP contribution < -0.4 is 5.32 Å². The number of benzene rings is 1. The van der Waals surface area contributed by atoms with Crippen molar-refractivity contribution in [3.05, 3.63) is 52.2 Å². The summed E-state index contributed by atoms with van der Waals surface area (Å²) in [7, 11) is 0. The van der Waals surface area contributed by atoms with E-state index < -0.39 is 0 Å². The fourth-order valence-corrected chi connectivity index (χ4v) is 3.32. The van der Waals surface area contributed by atoms with Crippen molar-refractivity contribution < 1.29 is 9.59 Å². The Balaban J connectivity index is 1.61. The molecule has 0 unspecified atom stereocenters. The molecule has 114 valence electrons. The minimum Gasteiger partial charge on any atom is -0.338 e. The maximum absolute atomic E-state index is 12.0. The number of hydrogen-bond acceptors (Lipinski definition) is 3. The molecule has 0 bridgehead atoms. The lowest BCUT2D eigenvalue weighted by Crippen LogP contribution is -2.23. The number of rotatable bonds is 5. The molecule has 2 amide bonds. The summed E-state index contributed by atoms with van der Waals surface area (Å²) in [6.45, 7) is 1.45. The van der Waals surface area contributed by atoms with Crippen molar-refractivity contribution in [2.75, 3.05) is 11.9 Å². The lowest BCUT2D eigenvalue weighted by molar-refractivity contribution is -0.128. The molecule has 3 rings (SSSR count). The second-order valence-electron chi connectivity index (χ2n) is 5.42. The van der Waals surface area contributed by atoms with E-state index in [0.717, 1.165) is 29.1 Å². The van der Waals surface area contributed by atoms with Gasteiger partial charge in [0, 0.05) is 30.1 Å². The third kappa shape index (κ3) is 3.74. The van der Waals surface area contributed by atoms with Gasteiger partial charge < -0.3 is 10.2 Å². The summed E-state index contributed by atoms with van der Waals surface area (Å²) in [5.74, 6) is 0.198. The Morgan fingerprint density at radius 2 is 2.18 bits per heavy atom. The van der Waals surface area contributed by atoms with Gasteiger partial charge in [0.25, 0.3) is 0 Å². The van der Waals surface area contributed by atoms with E-state index in [1.54, 1.807) is 11.3 Å². The molecule has 1 aliphatic heterocycles. The van der Waals surface area contributed by atoms with Gasteiger partial charge >= 0.3 is 0 Å². The molecule has 1 aromatic heterocycles. The van der Waals surface area contributed by atoms with Crippen molar-refractivity contribution in [1.82, 2.24) is 4.90 Å². The van der Waals surface area contributed by atoms with Gasteiger partial charge in [-0.05, 0) is 35.6 Å². The molecule has 4 nitrogen and oxygen atoms in total. The van der Waals surface area contributed by atoms with E-state index >= 15 is 0 Å². The number of amides is 2. The van der Waals surface area contributed by atoms with Crippen LogP contribution >= 0.6 is 11.3 Å². The first kappa shape index (κ1) is 14.8. The fourth-order valence-electron chi connectivity index (χ4n) is 2.62. The Bertz CT molecular complexity index is 667. The topological polar surface area (TPSA) is 49.4 Å². The van der Waals surface area contributed by atoms with Gasteiger partial charge in [-0.2, -0.15) is 0 Å². The number of hydrogen-bond donors (Lipinski definition) is 1. The summed E-state index contributed by atoms with van der Waals surface area (Å²) in [6, 6.07) is 11.6. The largest absolute Gasteiger partial charge is 0.338 e. The molecular weight excluding hydrogens is 296 g/mol. The first-order valence-electron chi connectivity index (χ1n) is 7.40. The molecule has 1 aliphatic rings. The van der Waals surface area contributed by atoms with Gasteiger partial charge in [-0.15, -0.1) is 11.3 Å². The van der Waals surface area contributed by atoms with Crippen LogP contribution in [0.4, 0.5) is 5.69 Å². The highest BCUT2D eigenvalue weighted by molar-refractivity contribution is 7.10. The summed E-state index contributed by atoms with van der Waals surface area (Å²) in [6.07, 6.45) is 1.99. The SMILES string of the molecule is O=C(Cc1cccs1)Nc1cccc(CN2CCCC2=O)c1. The first-order chi connectivity index (χ1) is 10.7. The first-order valence-corrected chi connectivity index (χ1v) is 8.27. The summed E-state index contributed by atoms with van der Waals surface area (Å²) in [4.78, 5) is 26.6. The number of nitrogens with zero attached hydrogens (tertiary/aromatic N) is 1.